The van der Waals surface area contributed by atoms with E-state index in [1.54, 1.807) is 6.07 Å². The maximum atomic E-state index is 10.4. The van der Waals surface area contributed by atoms with E-state index in [1.807, 2.05) is 13.8 Å². The zero-order valence-corrected chi connectivity index (χ0v) is 11.2. The molecule has 1 rings (SSSR count). The first-order valence-electron chi connectivity index (χ1n) is 5.63. The summed E-state index contributed by atoms with van der Waals surface area (Å²) >= 11 is 5.89. The van der Waals surface area contributed by atoms with Crippen LogP contribution in [0, 0.1) is 0 Å². The summed E-state index contributed by atoms with van der Waals surface area (Å²) in [6.45, 7) is 4.78. The number of amides is 1. The number of hydrogen-bond acceptors (Lipinski definition) is 5. The molecule has 18 heavy (non-hydrogen) atoms. The minimum absolute atomic E-state index is 0.0799. The predicted octanol–water partition coefficient (Wildman–Crippen LogP) is 1.17. The Labute approximate surface area is 111 Å². The van der Waals surface area contributed by atoms with Crippen LogP contribution >= 0.6 is 11.6 Å². The minimum Gasteiger partial charge on any atom is -0.370 e. The summed E-state index contributed by atoms with van der Waals surface area (Å²) in [5.74, 6) is 1.04. The number of anilines is 1. The molecule has 0 aliphatic heterocycles. The Hall–Kier alpha value is -1.40. The summed E-state index contributed by atoms with van der Waals surface area (Å²) in [5.41, 5.74) is 4.94. The van der Waals surface area contributed by atoms with Crippen molar-refractivity contribution in [1.82, 2.24) is 9.97 Å². The first-order valence-corrected chi connectivity index (χ1v) is 6.01. The van der Waals surface area contributed by atoms with Gasteiger partial charge in [0, 0.05) is 18.5 Å². The van der Waals surface area contributed by atoms with Gasteiger partial charge in [-0.15, -0.1) is 0 Å². The number of primary amides is 1. The van der Waals surface area contributed by atoms with Crippen molar-refractivity contribution < 1.29 is 9.53 Å². The first kappa shape index (κ1) is 14.7. The van der Waals surface area contributed by atoms with Crippen molar-refractivity contribution in [2.24, 2.45) is 5.73 Å². The summed E-state index contributed by atoms with van der Waals surface area (Å²) in [5, 5.41) is 3.44. The van der Waals surface area contributed by atoms with Crippen molar-refractivity contribution in [3.05, 3.63) is 17.0 Å². The maximum absolute atomic E-state index is 10.4. The SMILES string of the molecule is CC(C)c1nc(Cl)cc(NCCOCC(N)=O)n1. The van der Waals surface area contributed by atoms with Crippen LogP contribution in [0.3, 0.4) is 0 Å². The molecule has 1 aromatic rings. The molecule has 0 radical (unpaired) electrons. The van der Waals surface area contributed by atoms with Crippen LogP contribution in [0.5, 0.6) is 0 Å². The van der Waals surface area contributed by atoms with E-state index in [1.165, 1.54) is 0 Å². The average molecular weight is 273 g/mol. The van der Waals surface area contributed by atoms with Gasteiger partial charge in [-0.1, -0.05) is 25.4 Å². The molecule has 0 unspecified atom stereocenters. The molecule has 0 bridgehead atoms. The van der Waals surface area contributed by atoms with Gasteiger partial charge in [0.25, 0.3) is 0 Å². The fraction of sp³-hybridized carbons (Fsp3) is 0.545. The lowest BCUT2D eigenvalue weighted by Gasteiger charge is -2.09. The van der Waals surface area contributed by atoms with Crippen molar-refractivity contribution in [3.8, 4) is 0 Å². The summed E-state index contributed by atoms with van der Waals surface area (Å²) in [6.07, 6.45) is 0. The Morgan fingerprint density at radius 1 is 1.56 bits per heavy atom. The summed E-state index contributed by atoms with van der Waals surface area (Å²) < 4.78 is 5.01. The van der Waals surface area contributed by atoms with Crippen LogP contribution in [-0.4, -0.2) is 35.6 Å². The van der Waals surface area contributed by atoms with Crippen molar-refractivity contribution in [3.63, 3.8) is 0 Å². The van der Waals surface area contributed by atoms with Gasteiger partial charge < -0.3 is 15.8 Å². The molecule has 0 saturated carbocycles. The number of nitrogens with zero attached hydrogens (tertiary/aromatic N) is 2. The third kappa shape index (κ3) is 5.29. The Morgan fingerprint density at radius 3 is 2.89 bits per heavy atom. The highest BCUT2D eigenvalue weighted by Gasteiger charge is 2.06. The number of aromatic nitrogens is 2. The second-order valence-electron chi connectivity index (χ2n) is 4.03. The number of ether oxygens (including phenoxy) is 1. The van der Waals surface area contributed by atoms with Crippen LogP contribution in [0.15, 0.2) is 6.07 Å². The minimum atomic E-state index is -0.484. The van der Waals surface area contributed by atoms with Crippen LogP contribution in [0.25, 0.3) is 0 Å². The normalized spacial score (nSPS) is 10.7. The highest BCUT2D eigenvalue weighted by Crippen LogP contribution is 2.16. The average Bonchev–Trinajstić information content (AvgIpc) is 2.27. The maximum Gasteiger partial charge on any atom is 0.243 e. The van der Waals surface area contributed by atoms with E-state index in [-0.39, 0.29) is 12.5 Å². The Bertz CT molecular complexity index is 412. The molecule has 0 aromatic carbocycles. The summed E-state index contributed by atoms with van der Waals surface area (Å²) in [4.78, 5) is 18.9. The van der Waals surface area contributed by atoms with Gasteiger partial charge in [-0.3, -0.25) is 4.79 Å². The number of carbonyl (C=O) groups excluding carboxylic acids is 1. The van der Waals surface area contributed by atoms with E-state index in [4.69, 9.17) is 22.1 Å². The van der Waals surface area contributed by atoms with Crippen LogP contribution in [-0.2, 0) is 9.53 Å². The molecule has 7 heteroatoms. The molecule has 0 aliphatic rings. The smallest absolute Gasteiger partial charge is 0.243 e. The molecule has 0 spiro atoms. The Balaban J connectivity index is 2.44. The third-order valence-electron chi connectivity index (χ3n) is 2.03. The second-order valence-corrected chi connectivity index (χ2v) is 4.42. The molecule has 1 aromatic heterocycles. The molecule has 0 aliphatic carbocycles. The van der Waals surface area contributed by atoms with Gasteiger partial charge in [-0.05, 0) is 0 Å². The molecule has 0 saturated heterocycles. The molecular formula is C11H17ClN4O2. The fourth-order valence-corrected chi connectivity index (χ4v) is 1.40. The number of nitrogens with one attached hydrogen (secondary N) is 1. The van der Waals surface area contributed by atoms with Crippen molar-refractivity contribution in [2.75, 3.05) is 25.1 Å². The van der Waals surface area contributed by atoms with Gasteiger partial charge >= 0.3 is 0 Å². The number of rotatable bonds is 7. The van der Waals surface area contributed by atoms with E-state index in [9.17, 15) is 4.79 Å². The van der Waals surface area contributed by atoms with Crippen molar-refractivity contribution in [2.45, 2.75) is 19.8 Å². The fourth-order valence-electron chi connectivity index (χ4n) is 1.21. The molecular weight excluding hydrogens is 256 g/mol. The summed E-state index contributed by atoms with van der Waals surface area (Å²) in [6, 6.07) is 1.64. The van der Waals surface area contributed by atoms with E-state index >= 15 is 0 Å². The Morgan fingerprint density at radius 2 is 2.28 bits per heavy atom. The standard InChI is InChI=1S/C11H17ClN4O2/c1-7(2)11-15-8(12)5-10(16-11)14-3-4-18-6-9(13)17/h5,7H,3-4,6H2,1-2H3,(H2,13,17)(H,14,15,16). The summed E-state index contributed by atoms with van der Waals surface area (Å²) in [7, 11) is 0. The van der Waals surface area contributed by atoms with Gasteiger partial charge in [0.15, 0.2) is 0 Å². The van der Waals surface area contributed by atoms with Crippen LogP contribution in [0.1, 0.15) is 25.6 Å². The highest BCUT2D eigenvalue weighted by atomic mass is 35.5. The second kappa shape index (κ2) is 7.13. The van der Waals surface area contributed by atoms with E-state index < -0.39 is 5.91 Å². The van der Waals surface area contributed by atoms with Crippen molar-refractivity contribution in [1.29, 1.82) is 0 Å². The topological polar surface area (TPSA) is 90.1 Å². The first-order chi connectivity index (χ1) is 8.49. The van der Waals surface area contributed by atoms with E-state index in [0.717, 1.165) is 0 Å². The number of hydrogen-bond donors (Lipinski definition) is 2. The monoisotopic (exact) mass is 272 g/mol. The highest BCUT2D eigenvalue weighted by molar-refractivity contribution is 6.29. The zero-order valence-electron chi connectivity index (χ0n) is 10.4. The van der Waals surface area contributed by atoms with Gasteiger partial charge in [0.05, 0.1) is 6.61 Å². The molecule has 6 nitrogen and oxygen atoms in total. The van der Waals surface area contributed by atoms with E-state index in [2.05, 4.69) is 15.3 Å². The van der Waals surface area contributed by atoms with Crippen LogP contribution < -0.4 is 11.1 Å². The molecule has 0 fully saturated rings. The molecule has 100 valence electrons. The van der Waals surface area contributed by atoms with Crippen LogP contribution in [0.4, 0.5) is 5.82 Å². The van der Waals surface area contributed by atoms with Gasteiger partial charge in [0.2, 0.25) is 5.91 Å². The number of nitrogens with two attached hydrogens (primary N) is 1. The van der Waals surface area contributed by atoms with Gasteiger partial charge in [-0.25, -0.2) is 9.97 Å². The third-order valence-corrected chi connectivity index (χ3v) is 2.22. The molecule has 1 amide bonds. The number of carbonyl (C=O) groups is 1. The lowest BCUT2D eigenvalue weighted by atomic mass is 10.2. The van der Waals surface area contributed by atoms with Gasteiger partial charge in [-0.2, -0.15) is 0 Å². The molecule has 0 atom stereocenters. The zero-order chi connectivity index (χ0) is 13.5. The lowest BCUT2D eigenvalue weighted by molar-refractivity contribution is -0.122. The predicted molar refractivity (Wildman–Crippen MR) is 69.6 cm³/mol. The largest absolute Gasteiger partial charge is 0.370 e. The number of halogens is 1. The van der Waals surface area contributed by atoms with E-state index in [0.29, 0.717) is 29.9 Å². The Kier molecular flexibility index (Phi) is 5.80. The molecule has 3 N–H and O–H groups in total. The lowest BCUT2D eigenvalue weighted by Crippen LogP contribution is -2.20. The quantitative estimate of drug-likeness (QED) is 0.574. The van der Waals surface area contributed by atoms with Crippen LogP contribution in [0.2, 0.25) is 5.15 Å². The van der Waals surface area contributed by atoms with Crippen molar-refractivity contribution >= 4 is 23.3 Å². The van der Waals surface area contributed by atoms with Gasteiger partial charge in [0.1, 0.15) is 23.4 Å². The molecule has 1 heterocycles.